The van der Waals surface area contributed by atoms with Crippen molar-refractivity contribution in [2.45, 2.75) is 84.2 Å². The fourth-order valence-electron chi connectivity index (χ4n) is 8.19. The lowest BCUT2D eigenvalue weighted by molar-refractivity contribution is -0.151. The van der Waals surface area contributed by atoms with Crippen molar-refractivity contribution in [2.24, 2.45) is 40.4 Å². The summed E-state index contributed by atoms with van der Waals surface area (Å²) in [5.41, 5.74) is -0.244. The third-order valence-electron chi connectivity index (χ3n) is 9.69. The monoisotopic (exact) mass is 444 g/mol. The normalized spacial score (nSPS) is 51.4. The van der Waals surface area contributed by atoms with Crippen molar-refractivity contribution < 1.29 is 22.8 Å². The van der Waals surface area contributed by atoms with E-state index < -0.39 is 14.7 Å². The molecule has 0 aromatic carbocycles. The standard InChI is InChI=1S/C22H36O5S2/c1-20(24)10-11-21(2)14(12-20)4-5-15-16-6-7-18(19(23)13-27-29(25,26)28)22(16,3)9-8-17(15)21/h14-18,24H,4-13H2,1-3H3,(H,25,26,28)/t14-,15?,16-,17?,18+,20+,21-,22-/m0/s1. The molecule has 4 aliphatic rings. The van der Waals surface area contributed by atoms with E-state index in [1.807, 2.05) is 6.92 Å². The topological polar surface area (TPSA) is 83.8 Å². The van der Waals surface area contributed by atoms with Crippen LogP contribution in [0.2, 0.25) is 0 Å². The zero-order valence-corrected chi connectivity index (χ0v) is 19.5. The number of carbonyl (C=O) groups excluding carboxylic acids is 1. The second-order valence-electron chi connectivity index (χ2n) is 11.2. The Bertz CT molecular complexity index is 778. The van der Waals surface area contributed by atoms with Gasteiger partial charge in [-0.25, -0.2) is 0 Å². The van der Waals surface area contributed by atoms with Gasteiger partial charge in [-0.15, -0.1) is 0 Å². The SMILES string of the molecule is C[C@@]1(O)CC[C@]2(C)C3CC[C@]4(C)[C@@H](C(=O)COS(=O)(O)=S)CC[C@H]4C3CC[C@H]2C1. The summed E-state index contributed by atoms with van der Waals surface area (Å²) in [4.78, 5) is 12.8. The smallest absolute Gasteiger partial charge is 0.266 e. The first-order chi connectivity index (χ1) is 13.4. The van der Waals surface area contributed by atoms with Crippen LogP contribution in [0.3, 0.4) is 0 Å². The van der Waals surface area contributed by atoms with Gasteiger partial charge in [0.05, 0.1) is 5.60 Å². The van der Waals surface area contributed by atoms with E-state index in [1.165, 1.54) is 12.8 Å². The molecule has 7 heteroatoms. The Kier molecular flexibility index (Phi) is 5.51. The Morgan fingerprint density at radius 2 is 1.72 bits per heavy atom. The maximum absolute atomic E-state index is 12.8. The van der Waals surface area contributed by atoms with E-state index in [1.54, 1.807) is 0 Å². The van der Waals surface area contributed by atoms with Gasteiger partial charge in [-0.2, -0.15) is 4.21 Å². The summed E-state index contributed by atoms with van der Waals surface area (Å²) >= 11 is 4.37. The van der Waals surface area contributed by atoms with Crippen LogP contribution in [0.5, 0.6) is 0 Å². The van der Waals surface area contributed by atoms with E-state index in [0.29, 0.717) is 29.1 Å². The lowest BCUT2D eigenvalue weighted by Crippen LogP contribution is -2.55. The van der Waals surface area contributed by atoms with Gasteiger partial charge in [0.25, 0.3) is 9.05 Å². The van der Waals surface area contributed by atoms with Crippen molar-refractivity contribution in [3.05, 3.63) is 0 Å². The van der Waals surface area contributed by atoms with Gasteiger partial charge < -0.3 is 5.11 Å². The number of carbonyl (C=O) groups is 1. The third kappa shape index (κ3) is 3.84. The summed E-state index contributed by atoms with van der Waals surface area (Å²) in [5, 5.41) is 10.6. The summed E-state index contributed by atoms with van der Waals surface area (Å²) in [7, 11) is -3.76. The molecule has 2 N–H and O–H groups in total. The second kappa shape index (κ2) is 7.22. The van der Waals surface area contributed by atoms with Gasteiger partial charge in [-0.05, 0) is 99.2 Å². The fraction of sp³-hybridized carbons (Fsp3) is 0.955. The Morgan fingerprint density at radius 1 is 1.03 bits per heavy atom. The average molecular weight is 445 g/mol. The van der Waals surface area contributed by atoms with Gasteiger partial charge in [0.15, 0.2) is 5.78 Å². The molecule has 0 amide bonds. The quantitative estimate of drug-likeness (QED) is 0.679. The van der Waals surface area contributed by atoms with Crippen molar-refractivity contribution in [1.82, 2.24) is 0 Å². The molecule has 0 heterocycles. The molecule has 0 bridgehead atoms. The average Bonchev–Trinajstić information content (AvgIpc) is 2.97. The molecule has 0 spiro atoms. The number of fused-ring (bicyclic) bond motifs is 5. The van der Waals surface area contributed by atoms with E-state index in [0.717, 1.165) is 44.9 Å². The first-order valence-electron chi connectivity index (χ1n) is 11.2. The number of Topliss-reactive ketones (excluding diaryl/α,β-unsaturated/α-hetero) is 1. The molecule has 4 saturated carbocycles. The van der Waals surface area contributed by atoms with Gasteiger partial charge in [0.1, 0.15) is 6.61 Å². The van der Waals surface area contributed by atoms with Crippen LogP contribution in [-0.4, -0.2) is 31.9 Å². The van der Waals surface area contributed by atoms with Crippen LogP contribution in [0, 0.1) is 40.4 Å². The van der Waals surface area contributed by atoms with Gasteiger partial charge >= 0.3 is 0 Å². The molecule has 0 aromatic rings. The number of aliphatic hydroxyl groups is 1. The zero-order valence-electron chi connectivity index (χ0n) is 17.9. The minimum Gasteiger partial charge on any atom is -0.390 e. The van der Waals surface area contributed by atoms with Crippen molar-refractivity contribution in [3.63, 3.8) is 0 Å². The predicted molar refractivity (Wildman–Crippen MR) is 115 cm³/mol. The van der Waals surface area contributed by atoms with E-state index in [-0.39, 0.29) is 23.7 Å². The molecular formula is C22H36O5S2. The number of ketones is 1. The Balaban J connectivity index is 1.51. The molecule has 9 atom stereocenters. The van der Waals surface area contributed by atoms with E-state index >= 15 is 0 Å². The summed E-state index contributed by atoms with van der Waals surface area (Å²) in [6, 6.07) is 0. The first kappa shape index (κ1) is 22.1. The molecule has 0 radical (unpaired) electrons. The first-order valence-corrected chi connectivity index (χ1v) is 13.6. The van der Waals surface area contributed by atoms with E-state index in [4.69, 9.17) is 4.18 Å². The fourth-order valence-corrected chi connectivity index (χ4v) is 8.60. The number of hydrogen-bond donors (Lipinski definition) is 2. The largest absolute Gasteiger partial charge is 0.390 e. The summed E-state index contributed by atoms with van der Waals surface area (Å²) in [5.74, 6) is 2.32. The molecule has 4 rings (SSSR count). The third-order valence-corrected chi connectivity index (χ3v) is 10.4. The van der Waals surface area contributed by atoms with Gasteiger partial charge in [0.2, 0.25) is 0 Å². The minimum atomic E-state index is -3.76. The summed E-state index contributed by atoms with van der Waals surface area (Å²) in [6.45, 7) is 6.39. The van der Waals surface area contributed by atoms with Crippen LogP contribution in [-0.2, 0) is 29.2 Å². The Hall–Kier alpha value is -0.0800. The predicted octanol–water partition coefficient (Wildman–Crippen LogP) is 4.12. The highest BCUT2D eigenvalue weighted by Crippen LogP contribution is 2.68. The van der Waals surface area contributed by atoms with Crippen LogP contribution in [0.1, 0.15) is 78.6 Å². The minimum absolute atomic E-state index is 0.0389. The van der Waals surface area contributed by atoms with E-state index in [2.05, 4.69) is 25.0 Å². The van der Waals surface area contributed by atoms with Crippen LogP contribution in [0.25, 0.3) is 0 Å². The van der Waals surface area contributed by atoms with Crippen LogP contribution >= 0.6 is 0 Å². The molecular weight excluding hydrogens is 408 g/mol. The van der Waals surface area contributed by atoms with Crippen LogP contribution in [0.4, 0.5) is 0 Å². The van der Waals surface area contributed by atoms with Crippen molar-refractivity contribution in [2.75, 3.05) is 6.61 Å². The Labute approximate surface area is 180 Å². The number of hydrogen-bond acceptors (Lipinski definition) is 5. The lowest BCUT2D eigenvalue weighted by atomic mass is 9.44. The molecule has 0 aliphatic heterocycles. The lowest BCUT2D eigenvalue weighted by Gasteiger charge is -2.61. The Morgan fingerprint density at radius 3 is 2.41 bits per heavy atom. The molecule has 0 aromatic heterocycles. The molecule has 3 unspecified atom stereocenters. The zero-order chi connectivity index (χ0) is 21.2. The second-order valence-corrected chi connectivity index (χ2v) is 13.5. The molecule has 5 nitrogen and oxygen atoms in total. The van der Waals surface area contributed by atoms with Gasteiger partial charge in [-0.3, -0.25) is 13.5 Å². The summed E-state index contributed by atoms with van der Waals surface area (Å²) < 4.78 is 25.2. The maximum atomic E-state index is 12.8. The highest BCUT2D eigenvalue weighted by molar-refractivity contribution is 8.27. The highest BCUT2D eigenvalue weighted by Gasteiger charge is 2.61. The molecule has 29 heavy (non-hydrogen) atoms. The highest BCUT2D eigenvalue weighted by atomic mass is 32.9. The maximum Gasteiger partial charge on any atom is 0.266 e. The molecule has 0 saturated heterocycles. The molecule has 166 valence electrons. The van der Waals surface area contributed by atoms with Crippen molar-refractivity contribution >= 4 is 26.0 Å². The van der Waals surface area contributed by atoms with Crippen molar-refractivity contribution in [3.8, 4) is 0 Å². The molecule has 4 aliphatic carbocycles. The van der Waals surface area contributed by atoms with Crippen LogP contribution < -0.4 is 0 Å². The van der Waals surface area contributed by atoms with E-state index in [9.17, 15) is 18.7 Å². The van der Waals surface area contributed by atoms with Gasteiger partial charge in [-0.1, -0.05) is 13.8 Å². The summed E-state index contributed by atoms with van der Waals surface area (Å²) in [6.07, 6.45) is 9.42. The number of rotatable bonds is 4. The van der Waals surface area contributed by atoms with Gasteiger partial charge in [0, 0.05) is 17.1 Å². The molecule has 4 fully saturated rings. The van der Waals surface area contributed by atoms with Crippen LogP contribution in [0.15, 0.2) is 0 Å². The van der Waals surface area contributed by atoms with Crippen molar-refractivity contribution in [1.29, 1.82) is 0 Å².